The van der Waals surface area contributed by atoms with E-state index in [0.717, 1.165) is 50.1 Å². The largest absolute Gasteiger partial charge is 0.455 e. The summed E-state index contributed by atoms with van der Waals surface area (Å²) in [6, 6.07) is 55.5. The molecule has 2 heterocycles. The van der Waals surface area contributed by atoms with Crippen LogP contribution in [0.4, 0.5) is 17.1 Å². The molecule has 0 radical (unpaired) electrons. The van der Waals surface area contributed by atoms with E-state index >= 15 is 0 Å². The van der Waals surface area contributed by atoms with Crippen LogP contribution >= 0.6 is 0 Å². The highest BCUT2D eigenvalue weighted by Crippen LogP contribution is 2.40. The van der Waals surface area contributed by atoms with Crippen LogP contribution in [0.3, 0.4) is 0 Å². The van der Waals surface area contributed by atoms with Gasteiger partial charge in [-0.3, -0.25) is 4.98 Å². The molecule has 0 atom stereocenters. The Morgan fingerprint density at radius 1 is 0.432 bits per heavy atom. The van der Waals surface area contributed by atoms with Crippen LogP contribution in [-0.4, -0.2) is 4.98 Å². The predicted octanol–water partition coefficient (Wildman–Crippen LogP) is 11.5. The third-order valence-electron chi connectivity index (χ3n) is 8.18. The van der Waals surface area contributed by atoms with E-state index < -0.39 is 0 Å². The summed E-state index contributed by atoms with van der Waals surface area (Å²) in [7, 11) is 0. The number of aromatic nitrogens is 1. The first kappa shape index (κ1) is 25.8. The Labute approximate surface area is 256 Å². The highest BCUT2D eigenvalue weighted by Gasteiger charge is 2.17. The molecular formula is C41H28N2O. The molecule has 0 saturated heterocycles. The minimum Gasteiger partial charge on any atom is -0.455 e. The first-order valence-corrected chi connectivity index (χ1v) is 14.8. The van der Waals surface area contributed by atoms with Gasteiger partial charge in [-0.25, -0.2) is 0 Å². The zero-order chi connectivity index (χ0) is 29.3. The van der Waals surface area contributed by atoms with E-state index in [0.29, 0.717) is 0 Å². The summed E-state index contributed by atoms with van der Waals surface area (Å²) < 4.78 is 6.36. The lowest BCUT2D eigenvalue weighted by Crippen LogP contribution is -2.10. The van der Waals surface area contributed by atoms with Crippen molar-refractivity contribution >= 4 is 39.0 Å². The van der Waals surface area contributed by atoms with Crippen molar-refractivity contribution in [2.45, 2.75) is 0 Å². The average molecular weight is 565 g/mol. The number of pyridine rings is 1. The van der Waals surface area contributed by atoms with Crippen LogP contribution < -0.4 is 4.90 Å². The Bertz CT molecular complexity index is 2120. The summed E-state index contributed by atoms with van der Waals surface area (Å²) in [5, 5.41) is 2.10. The standard InChI is InChI=1S/C41H28N2O/c1-3-9-29(10-4-1)31-17-21-34(22-18-31)43(35-23-19-32(20-24-35)30-11-5-2-6-12-30)36-14-7-13-33(27-36)37-15-8-16-38-39-28-42-26-25-40(39)44-41(37)38/h1-28H. The minimum absolute atomic E-state index is 0.845. The van der Waals surface area contributed by atoms with Gasteiger partial charge in [-0.15, -0.1) is 0 Å². The van der Waals surface area contributed by atoms with Crippen LogP contribution in [-0.2, 0) is 0 Å². The lowest BCUT2D eigenvalue weighted by atomic mass is 10.0. The monoisotopic (exact) mass is 564 g/mol. The van der Waals surface area contributed by atoms with Gasteiger partial charge in [-0.05, 0) is 70.3 Å². The quantitative estimate of drug-likeness (QED) is 0.201. The zero-order valence-corrected chi connectivity index (χ0v) is 24.0. The number of para-hydroxylation sites is 1. The van der Waals surface area contributed by atoms with Gasteiger partial charge in [0.05, 0.1) is 0 Å². The number of benzene rings is 6. The molecule has 44 heavy (non-hydrogen) atoms. The van der Waals surface area contributed by atoms with Crippen molar-refractivity contribution in [3.05, 3.63) is 170 Å². The molecule has 0 saturated carbocycles. The summed E-state index contributed by atoms with van der Waals surface area (Å²) in [6.07, 6.45) is 3.65. The van der Waals surface area contributed by atoms with Crippen molar-refractivity contribution in [2.75, 3.05) is 4.90 Å². The third kappa shape index (κ3) is 4.71. The van der Waals surface area contributed by atoms with Crippen LogP contribution in [0.1, 0.15) is 0 Å². The second kappa shape index (κ2) is 11.0. The number of hydrogen-bond acceptors (Lipinski definition) is 3. The van der Waals surface area contributed by atoms with Crippen LogP contribution in [0.25, 0.3) is 55.3 Å². The maximum Gasteiger partial charge on any atom is 0.143 e. The zero-order valence-electron chi connectivity index (χ0n) is 24.0. The highest BCUT2D eigenvalue weighted by atomic mass is 16.3. The third-order valence-corrected chi connectivity index (χ3v) is 8.18. The Kier molecular flexibility index (Phi) is 6.47. The Morgan fingerprint density at radius 2 is 1.00 bits per heavy atom. The Balaban J connectivity index is 1.24. The number of furan rings is 1. The topological polar surface area (TPSA) is 29.3 Å². The number of fused-ring (bicyclic) bond motifs is 3. The van der Waals surface area contributed by atoms with Crippen LogP contribution in [0.2, 0.25) is 0 Å². The molecule has 0 fully saturated rings. The van der Waals surface area contributed by atoms with Gasteiger partial charge in [0, 0.05) is 45.8 Å². The Morgan fingerprint density at radius 3 is 1.64 bits per heavy atom. The molecule has 0 spiro atoms. The van der Waals surface area contributed by atoms with Crippen molar-refractivity contribution in [2.24, 2.45) is 0 Å². The fourth-order valence-electron chi connectivity index (χ4n) is 6.00. The van der Waals surface area contributed by atoms with E-state index in [4.69, 9.17) is 4.42 Å². The molecule has 0 unspecified atom stereocenters. The van der Waals surface area contributed by atoms with Crippen LogP contribution in [0.5, 0.6) is 0 Å². The van der Waals surface area contributed by atoms with Gasteiger partial charge >= 0.3 is 0 Å². The molecular weight excluding hydrogens is 536 g/mol. The molecule has 0 N–H and O–H groups in total. The van der Waals surface area contributed by atoms with Gasteiger partial charge in [0.15, 0.2) is 0 Å². The number of anilines is 3. The normalized spacial score (nSPS) is 11.2. The maximum absolute atomic E-state index is 6.36. The van der Waals surface area contributed by atoms with E-state index in [9.17, 15) is 0 Å². The van der Waals surface area contributed by atoms with E-state index in [1.807, 2.05) is 12.3 Å². The predicted molar refractivity (Wildman–Crippen MR) is 183 cm³/mol. The van der Waals surface area contributed by atoms with Crippen molar-refractivity contribution in [1.82, 2.24) is 4.98 Å². The first-order chi connectivity index (χ1) is 21.8. The summed E-state index contributed by atoms with van der Waals surface area (Å²) in [4.78, 5) is 6.64. The SMILES string of the molecule is c1ccc(-c2ccc(N(c3ccc(-c4ccccc4)cc3)c3cccc(-c4cccc5c4oc4ccncc45)c3)cc2)cc1. The van der Waals surface area contributed by atoms with Crippen molar-refractivity contribution in [3.63, 3.8) is 0 Å². The lowest BCUT2D eigenvalue weighted by molar-refractivity contribution is 0.669. The molecule has 0 bridgehead atoms. The smallest absolute Gasteiger partial charge is 0.143 e. The van der Waals surface area contributed by atoms with E-state index in [1.54, 1.807) is 6.20 Å². The van der Waals surface area contributed by atoms with E-state index in [2.05, 4.69) is 162 Å². The van der Waals surface area contributed by atoms with E-state index in [-0.39, 0.29) is 0 Å². The molecule has 208 valence electrons. The number of hydrogen-bond donors (Lipinski definition) is 0. The van der Waals surface area contributed by atoms with Gasteiger partial charge in [-0.2, -0.15) is 0 Å². The lowest BCUT2D eigenvalue weighted by Gasteiger charge is -2.26. The summed E-state index contributed by atoms with van der Waals surface area (Å²) in [5.74, 6) is 0. The molecule has 2 aromatic heterocycles. The molecule has 0 aliphatic heterocycles. The van der Waals surface area contributed by atoms with Gasteiger partial charge < -0.3 is 9.32 Å². The van der Waals surface area contributed by atoms with E-state index in [1.165, 1.54) is 22.3 Å². The van der Waals surface area contributed by atoms with Gasteiger partial charge in [0.2, 0.25) is 0 Å². The van der Waals surface area contributed by atoms with Gasteiger partial charge in [-0.1, -0.05) is 115 Å². The van der Waals surface area contributed by atoms with Gasteiger partial charge in [0.1, 0.15) is 11.2 Å². The van der Waals surface area contributed by atoms with Crippen molar-refractivity contribution in [3.8, 4) is 33.4 Å². The molecule has 0 aliphatic rings. The summed E-state index contributed by atoms with van der Waals surface area (Å²) in [5.41, 5.74) is 11.9. The molecule has 6 aromatic carbocycles. The molecule has 3 heteroatoms. The number of nitrogens with zero attached hydrogens (tertiary/aromatic N) is 2. The second-order valence-electron chi connectivity index (χ2n) is 10.9. The van der Waals surface area contributed by atoms with Crippen molar-refractivity contribution in [1.29, 1.82) is 0 Å². The first-order valence-electron chi connectivity index (χ1n) is 14.8. The molecule has 8 rings (SSSR count). The second-order valence-corrected chi connectivity index (χ2v) is 10.9. The van der Waals surface area contributed by atoms with Crippen LogP contribution in [0, 0.1) is 0 Å². The van der Waals surface area contributed by atoms with Gasteiger partial charge in [0.25, 0.3) is 0 Å². The summed E-state index contributed by atoms with van der Waals surface area (Å²) in [6.45, 7) is 0. The molecule has 3 nitrogen and oxygen atoms in total. The molecule has 0 amide bonds. The highest BCUT2D eigenvalue weighted by molar-refractivity contribution is 6.09. The average Bonchev–Trinajstić information content (AvgIpc) is 3.49. The van der Waals surface area contributed by atoms with Crippen molar-refractivity contribution < 1.29 is 4.42 Å². The Hall–Kier alpha value is -5.93. The summed E-state index contributed by atoms with van der Waals surface area (Å²) >= 11 is 0. The maximum atomic E-state index is 6.36. The minimum atomic E-state index is 0.845. The van der Waals surface area contributed by atoms with Crippen LogP contribution in [0.15, 0.2) is 175 Å². The molecule has 8 aromatic rings. The fraction of sp³-hybridized carbons (Fsp3) is 0. The number of rotatable bonds is 6. The molecule has 0 aliphatic carbocycles. The fourth-order valence-corrected chi connectivity index (χ4v) is 6.00.